The van der Waals surface area contributed by atoms with Crippen molar-refractivity contribution in [3.8, 4) is 0 Å². The number of furan rings is 1. The lowest BCUT2D eigenvalue weighted by Gasteiger charge is -2.25. The smallest absolute Gasteiger partial charge is 0.290 e. The van der Waals surface area contributed by atoms with Crippen LogP contribution in [0.25, 0.3) is 0 Å². The molecule has 0 saturated heterocycles. The number of ketones is 1. The number of benzene rings is 1. The molecule has 5 nitrogen and oxygen atoms in total. The molecule has 0 fully saturated rings. The molecular formula is C20H15NO4S. The van der Waals surface area contributed by atoms with Crippen LogP contribution in [0.1, 0.15) is 27.0 Å². The molecule has 1 amide bonds. The second kappa shape index (κ2) is 6.65. The van der Waals surface area contributed by atoms with Crippen LogP contribution in [-0.2, 0) is 11.3 Å². The Morgan fingerprint density at radius 3 is 2.58 bits per heavy atom. The van der Waals surface area contributed by atoms with Gasteiger partial charge in [-0.05, 0) is 29.1 Å². The maximum atomic E-state index is 12.9. The summed E-state index contributed by atoms with van der Waals surface area (Å²) in [5.41, 5.74) is 0.977. The van der Waals surface area contributed by atoms with Gasteiger partial charge in [-0.3, -0.25) is 9.59 Å². The Hall–Kier alpha value is -3.12. The number of carbonyl (C=O) groups excluding carboxylic acids is 2. The van der Waals surface area contributed by atoms with Crippen molar-refractivity contribution in [2.24, 2.45) is 0 Å². The van der Waals surface area contributed by atoms with Gasteiger partial charge in [-0.1, -0.05) is 36.4 Å². The minimum Gasteiger partial charge on any atom is -0.503 e. The van der Waals surface area contributed by atoms with Gasteiger partial charge in [0.05, 0.1) is 11.8 Å². The fourth-order valence-electron chi connectivity index (χ4n) is 3.11. The molecule has 3 heterocycles. The van der Waals surface area contributed by atoms with E-state index >= 15 is 0 Å². The zero-order chi connectivity index (χ0) is 18.1. The van der Waals surface area contributed by atoms with Crippen LogP contribution in [0.2, 0.25) is 0 Å². The average molecular weight is 365 g/mol. The molecular weight excluding hydrogens is 350 g/mol. The molecule has 0 bridgehead atoms. The second-order valence-electron chi connectivity index (χ2n) is 5.91. The van der Waals surface area contributed by atoms with Crippen molar-refractivity contribution in [1.82, 2.24) is 4.90 Å². The van der Waals surface area contributed by atoms with Gasteiger partial charge in [-0.2, -0.15) is 0 Å². The summed E-state index contributed by atoms with van der Waals surface area (Å²) in [6.07, 6.45) is 1.39. The highest BCUT2D eigenvalue weighted by Crippen LogP contribution is 2.41. The number of amides is 1. The number of nitrogens with zero attached hydrogens (tertiary/aromatic N) is 1. The Morgan fingerprint density at radius 2 is 1.92 bits per heavy atom. The summed E-state index contributed by atoms with van der Waals surface area (Å²) in [6, 6.07) is 15.7. The van der Waals surface area contributed by atoms with Gasteiger partial charge in [0.1, 0.15) is 6.04 Å². The number of Topliss-reactive ketones (excluding diaryl/α,β-unsaturated/α-hetero) is 1. The van der Waals surface area contributed by atoms with Crippen LogP contribution < -0.4 is 0 Å². The van der Waals surface area contributed by atoms with Gasteiger partial charge in [0.25, 0.3) is 5.91 Å². The summed E-state index contributed by atoms with van der Waals surface area (Å²) >= 11 is 1.43. The molecule has 0 radical (unpaired) electrons. The van der Waals surface area contributed by atoms with Crippen LogP contribution >= 0.6 is 11.3 Å². The molecule has 2 aromatic heterocycles. The molecule has 26 heavy (non-hydrogen) atoms. The maximum absolute atomic E-state index is 12.9. The molecule has 0 saturated carbocycles. The van der Waals surface area contributed by atoms with Gasteiger partial charge in [0, 0.05) is 11.4 Å². The Bertz CT molecular complexity index is 959. The van der Waals surface area contributed by atoms with Crippen molar-refractivity contribution < 1.29 is 19.1 Å². The Kier molecular flexibility index (Phi) is 4.18. The quantitative estimate of drug-likeness (QED) is 0.691. The lowest BCUT2D eigenvalue weighted by atomic mass is 10.00. The van der Waals surface area contributed by atoms with E-state index in [-0.39, 0.29) is 11.3 Å². The largest absolute Gasteiger partial charge is 0.503 e. The standard InChI is InChI=1S/C20H15NO4S/c22-18(14-8-4-10-25-14)16-17(15-9-5-11-26-15)21(20(24)19(16)23)12-13-6-2-1-3-7-13/h1-11,17,23H,12H2. The zero-order valence-electron chi connectivity index (χ0n) is 13.7. The third-order valence-electron chi connectivity index (χ3n) is 4.30. The van der Waals surface area contributed by atoms with Crippen LogP contribution in [0.15, 0.2) is 82.0 Å². The first-order valence-corrected chi connectivity index (χ1v) is 8.94. The molecule has 4 rings (SSSR count). The summed E-state index contributed by atoms with van der Waals surface area (Å²) < 4.78 is 5.19. The molecule has 1 aromatic carbocycles. The van der Waals surface area contributed by atoms with Crippen LogP contribution in [0.5, 0.6) is 0 Å². The molecule has 0 aliphatic carbocycles. The van der Waals surface area contributed by atoms with E-state index in [1.165, 1.54) is 28.6 Å². The van der Waals surface area contributed by atoms with Crippen LogP contribution in [-0.4, -0.2) is 21.7 Å². The third-order valence-corrected chi connectivity index (χ3v) is 5.23. The highest BCUT2D eigenvalue weighted by molar-refractivity contribution is 7.10. The molecule has 1 atom stereocenters. The number of rotatable bonds is 5. The zero-order valence-corrected chi connectivity index (χ0v) is 14.5. The van der Waals surface area contributed by atoms with E-state index in [1.807, 2.05) is 47.8 Å². The fourth-order valence-corrected chi connectivity index (χ4v) is 3.96. The summed E-state index contributed by atoms with van der Waals surface area (Å²) in [5.74, 6) is -1.44. The minimum atomic E-state index is -0.639. The Balaban J connectivity index is 1.77. The third kappa shape index (κ3) is 2.74. The van der Waals surface area contributed by atoms with Gasteiger partial charge < -0.3 is 14.4 Å². The topological polar surface area (TPSA) is 70.8 Å². The molecule has 1 unspecified atom stereocenters. The van der Waals surface area contributed by atoms with Gasteiger partial charge in [-0.15, -0.1) is 11.3 Å². The second-order valence-corrected chi connectivity index (χ2v) is 6.88. The number of carbonyl (C=O) groups is 2. The monoisotopic (exact) mass is 365 g/mol. The van der Waals surface area contributed by atoms with Gasteiger partial charge >= 0.3 is 0 Å². The predicted molar refractivity (Wildman–Crippen MR) is 96.7 cm³/mol. The predicted octanol–water partition coefficient (Wildman–Crippen LogP) is 4.12. The van der Waals surface area contributed by atoms with E-state index in [0.29, 0.717) is 6.54 Å². The van der Waals surface area contributed by atoms with Crippen molar-refractivity contribution in [1.29, 1.82) is 0 Å². The SMILES string of the molecule is O=C(C1=C(O)C(=O)N(Cc2ccccc2)C1c1cccs1)c1ccco1. The summed E-state index contributed by atoms with van der Waals surface area (Å²) in [5, 5.41) is 12.4. The molecule has 6 heteroatoms. The number of hydrogen-bond donors (Lipinski definition) is 1. The van der Waals surface area contributed by atoms with Gasteiger partial charge in [0.2, 0.25) is 5.78 Å². The van der Waals surface area contributed by atoms with E-state index in [2.05, 4.69) is 0 Å². The Labute approximate surface area is 153 Å². The molecule has 1 aliphatic heterocycles. The summed E-state index contributed by atoms with van der Waals surface area (Å²) in [6.45, 7) is 0.293. The molecule has 1 aliphatic rings. The fraction of sp³-hybridized carbons (Fsp3) is 0.100. The molecule has 0 spiro atoms. The van der Waals surface area contributed by atoms with E-state index in [9.17, 15) is 14.7 Å². The first kappa shape index (κ1) is 16.4. The van der Waals surface area contributed by atoms with E-state index in [4.69, 9.17) is 4.42 Å². The van der Waals surface area contributed by atoms with E-state index < -0.39 is 23.5 Å². The van der Waals surface area contributed by atoms with E-state index in [0.717, 1.165) is 10.4 Å². The molecule has 1 N–H and O–H groups in total. The van der Waals surface area contributed by atoms with E-state index in [1.54, 1.807) is 6.07 Å². The van der Waals surface area contributed by atoms with Crippen molar-refractivity contribution in [2.45, 2.75) is 12.6 Å². The van der Waals surface area contributed by atoms with Crippen LogP contribution in [0.3, 0.4) is 0 Å². The number of thiophene rings is 1. The van der Waals surface area contributed by atoms with Crippen molar-refractivity contribution >= 4 is 23.0 Å². The van der Waals surface area contributed by atoms with Crippen molar-refractivity contribution in [3.63, 3.8) is 0 Å². The average Bonchev–Trinajstić information content (AvgIpc) is 3.40. The lowest BCUT2D eigenvalue weighted by molar-refractivity contribution is -0.130. The number of hydrogen-bond acceptors (Lipinski definition) is 5. The van der Waals surface area contributed by atoms with Crippen LogP contribution in [0.4, 0.5) is 0 Å². The normalized spacial score (nSPS) is 17.2. The Morgan fingerprint density at radius 1 is 1.12 bits per heavy atom. The van der Waals surface area contributed by atoms with Gasteiger partial charge in [0.15, 0.2) is 11.5 Å². The maximum Gasteiger partial charge on any atom is 0.290 e. The number of aliphatic hydroxyl groups is 1. The van der Waals surface area contributed by atoms with Gasteiger partial charge in [-0.25, -0.2) is 0 Å². The molecule has 130 valence electrons. The molecule has 3 aromatic rings. The number of aliphatic hydroxyl groups excluding tert-OH is 1. The lowest BCUT2D eigenvalue weighted by Crippen LogP contribution is -2.30. The highest BCUT2D eigenvalue weighted by atomic mass is 32.1. The first-order chi connectivity index (χ1) is 12.7. The summed E-state index contributed by atoms with van der Waals surface area (Å²) in [4.78, 5) is 28.0. The van der Waals surface area contributed by atoms with Crippen molar-refractivity contribution in [2.75, 3.05) is 0 Å². The van der Waals surface area contributed by atoms with Crippen molar-refractivity contribution in [3.05, 3.63) is 93.8 Å². The van der Waals surface area contributed by atoms with Crippen LogP contribution in [0, 0.1) is 0 Å². The highest BCUT2D eigenvalue weighted by Gasteiger charge is 2.44. The minimum absolute atomic E-state index is 0.0586. The first-order valence-electron chi connectivity index (χ1n) is 8.06. The summed E-state index contributed by atoms with van der Waals surface area (Å²) in [7, 11) is 0.